The van der Waals surface area contributed by atoms with Crippen molar-refractivity contribution in [3.63, 3.8) is 0 Å². The number of benzene rings is 3. The van der Waals surface area contributed by atoms with Crippen LogP contribution >= 0.6 is 15.9 Å². The Labute approximate surface area is 259 Å². The van der Waals surface area contributed by atoms with E-state index in [4.69, 9.17) is 5.73 Å². The van der Waals surface area contributed by atoms with Crippen molar-refractivity contribution in [2.45, 2.75) is 43.0 Å². The van der Waals surface area contributed by atoms with Gasteiger partial charge in [-0.2, -0.15) is 0 Å². The second kappa shape index (κ2) is 12.1. The molecule has 2 aromatic heterocycles. The fraction of sp³-hybridized carbons (Fsp3) is 0.219. The molecule has 209 valence electrons. The van der Waals surface area contributed by atoms with Crippen LogP contribution in [0.2, 0.25) is 0 Å². The number of rotatable bonds is 10. The molecule has 5 aromatic rings. The first-order chi connectivity index (χ1) is 20.4. The van der Waals surface area contributed by atoms with Crippen molar-refractivity contribution >= 4 is 58.5 Å². The number of anilines is 1. The van der Waals surface area contributed by atoms with Gasteiger partial charge in [0, 0.05) is 0 Å². The Morgan fingerprint density at radius 1 is 1.17 bits per heavy atom. The summed E-state index contributed by atoms with van der Waals surface area (Å²) < 4.78 is 4.15. The minimum atomic E-state index is -0.488. The molecule has 0 spiro atoms. The quantitative estimate of drug-likeness (QED) is 0.186. The summed E-state index contributed by atoms with van der Waals surface area (Å²) in [5.41, 5.74) is 11.2. The number of nitrogens with two attached hydrogens (primary N) is 1. The van der Waals surface area contributed by atoms with Gasteiger partial charge >= 0.3 is 260 Å². The Morgan fingerprint density at radius 3 is 2.67 bits per heavy atom. The van der Waals surface area contributed by atoms with Gasteiger partial charge in [-0.15, -0.1) is 0 Å². The third kappa shape index (κ3) is 5.83. The fourth-order valence-corrected chi connectivity index (χ4v) is 8.53. The number of halogens is 1. The summed E-state index contributed by atoms with van der Waals surface area (Å²) in [6.45, 7) is 2.20. The molecule has 1 amide bonds. The SMILES string of the molecule is CC[C@@H]([As]c1c(C#N)cnc2c(Br)cc(N[C@@H](c3cccc(C(N)=O)c3)c3cn(C4CC4)nn3)cc12)c1ccccc1. The summed E-state index contributed by atoms with van der Waals surface area (Å²) in [5, 5.41) is 23.6. The Morgan fingerprint density at radius 2 is 1.95 bits per heavy atom. The number of aromatic nitrogens is 4. The summed E-state index contributed by atoms with van der Waals surface area (Å²) in [4.78, 5) is 16.7. The molecule has 0 aliphatic heterocycles. The van der Waals surface area contributed by atoms with Gasteiger partial charge in [-0.1, -0.05) is 0 Å². The van der Waals surface area contributed by atoms with Crippen LogP contribution in [0.15, 0.2) is 83.6 Å². The van der Waals surface area contributed by atoms with E-state index >= 15 is 0 Å². The number of nitrogens with zero attached hydrogens (tertiary/aromatic N) is 5. The monoisotopic (exact) mass is 680 g/mol. The zero-order valence-electron chi connectivity index (χ0n) is 22.9. The molecular formula is C32H28AsBrN7O. The van der Waals surface area contributed by atoms with E-state index in [9.17, 15) is 10.1 Å². The molecule has 42 heavy (non-hydrogen) atoms. The van der Waals surface area contributed by atoms with Gasteiger partial charge in [-0.05, 0) is 0 Å². The van der Waals surface area contributed by atoms with Crippen molar-refractivity contribution in [3.8, 4) is 6.07 Å². The first-order valence-electron chi connectivity index (χ1n) is 13.8. The summed E-state index contributed by atoms with van der Waals surface area (Å²) >= 11 is 3.36. The average molecular weight is 681 g/mol. The molecule has 0 bridgehead atoms. The summed E-state index contributed by atoms with van der Waals surface area (Å²) in [6, 6.07) is 24.2. The van der Waals surface area contributed by atoms with E-state index in [0.29, 0.717) is 21.9 Å². The van der Waals surface area contributed by atoms with E-state index < -0.39 is 27.7 Å². The summed E-state index contributed by atoms with van der Waals surface area (Å²) in [7, 11) is 0. The molecule has 1 aliphatic rings. The van der Waals surface area contributed by atoms with E-state index in [2.05, 4.69) is 79.9 Å². The van der Waals surface area contributed by atoms with Crippen molar-refractivity contribution in [2.24, 2.45) is 5.73 Å². The molecule has 2 atom stereocenters. The number of hydrogen-bond acceptors (Lipinski definition) is 6. The van der Waals surface area contributed by atoms with Crippen LogP contribution in [0.1, 0.15) is 75.7 Å². The Bertz CT molecular complexity index is 1810. The molecule has 3 aromatic carbocycles. The molecule has 0 saturated heterocycles. The normalized spacial score (nSPS) is 14.6. The number of fused-ring (bicyclic) bond motifs is 1. The molecule has 1 aliphatic carbocycles. The van der Waals surface area contributed by atoms with Gasteiger partial charge in [-0.3, -0.25) is 0 Å². The molecule has 8 nitrogen and oxygen atoms in total. The molecule has 6 rings (SSSR count). The molecule has 10 heteroatoms. The predicted octanol–water partition coefficient (Wildman–Crippen LogP) is 5.58. The molecule has 1 radical (unpaired) electrons. The summed E-state index contributed by atoms with van der Waals surface area (Å²) in [6.07, 6.45) is 6.83. The van der Waals surface area contributed by atoms with Crippen molar-refractivity contribution in [1.82, 2.24) is 20.0 Å². The summed E-state index contributed by atoms with van der Waals surface area (Å²) in [5.74, 6) is -0.488. The first-order valence-corrected chi connectivity index (χ1v) is 16.6. The number of nitriles is 1. The minimum absolute atomic E-state index is 0.345. The molecule has 0 unspecified atom stereocenters. The Hall–Kier alpha value is -3.99. The Kier molecular flexibility index (Phi) is 8.10. The van der Waals surface area contributed by atoms with Crippen molar-refractivity contribution in [3.05, 3.63) is 112 Å². The van der Waals surface area contributed by atoms with Crippen LogP contribution in [0.25, 0.3) is 10.9 Å². The van der Waals surface area contributed by atoms with Crippen LogP contribution in [0.3, 0.4) is 0 Å². The standard InChI is InChI=1S/C32H28AsBrN7O/c1-2-26(19-7-4-3-5-8-19)33-29-22(16-35)17-37-31-25(29)14-23(15-27(31)34)38-30(20-9-6-10-21(13-20)32(36)42)28-18-41(40-39-28)24-11-12-24/h3-10,13-15,17-18,24,26,30,38H,2,11-12H2,1H3,(H2,36,42)/t26-,30+/m1/s1. The van der Waals surface area contributed by atoms with Crippen molar-refractivity contribution < 1.29 is 4.79 Å². The van der Waals surface area contributed by atoms with Gasteiger partial charge < -0.3 is 0 Å². The van der Waals surface area contributed by atoms with Gasteiger partial charge in [-0.25, -0.2) is 0 Å². The zero-order valence-corrected chi connectivity index (χ0v) is 26.4. The number of carbonyl (C=O) groups excluding carboxylic acids is 1. The van der Waals surface area contributed by atoms with Gasteiger partial charge in [0.05, 0.1) is 0 Å². The third-order valence-corrected chi connectivity index (χ3v) is 11.6. The number of pyridine rings is 1. The van der Waals surface area contributed by atoms with E-state index in [-0.39, 0.29) is 0 Å². The van der Waals surface area contributed by atoms with Crippen molar-refractivity contribution in [2.75, 3.05) is 5.32 Å². The molecular weight excluding hydrogens is 653 g/mol. The maximum absolute atomic E-state index is 12.0. The average Bonchev–Trinajstić information content (AvgIpc) is 3.75. The number of amides is 1. The van der Waals surface area contributed by atoms with Crippen LogP contribution in [-0.4, -0.2) is 41.6 Å². The van der Waals surface area contributed by atoms with Crippen LogP contribution in [0.4, 0.5) is 5.69 Å². The van der Waals surface area contributed by atoms with Crippen LogP contribution in [0.5, 0.6) is 0 Å². The zero-order chi connectivity index (χ0) is 29.2. The molecule has 1 fully saturated rings. The van der Waals surface area contributed by atoms with E-state index in [1.54, 1.807) is 18.3 Å². The van der Waals surface area contributed by atoms with Gasteiger partial charge in [0.2, 0.25) is 0 Å². The molecule has 2 heterocycles. The van der Waals surface area contributed by atoms with Crippen LogP contribution < -0.4 is 15.4 Å². The second-order valence-corrected chi connectivity index (χ2v) is 14.0. The predicted molar refractivity (Wildman–Crippen MR) is 168 cm³/mol. The number of hydrogen-bond donors (Lipinski definition) is 2. The van der Waals surface area contributed by atoms with E-state index in [1.807, 2.05) is 35.1 Å². The second-order valence-electron chi connectivity index (χ2n) is 10.4. The van der Waals surface area contributed by atoms with E-state index in [1.165, 1.54) is 5.56 Å². The first kappa shape index (κ1) is 28.1. The fourth-order valence-electron chi connectivity index (χ4n) is 5.09. The molecule has 3 N–H and O–H groups in total. The Balaban J connectivity index is 1.44. The number of primary amides is 1. The number of nitrogens with one attached hydrogen (secondary N) is 1. The van der Waals surface area contributed by atoms with Crippen molar-refractivity contribution in [1.29, 1.82) is 5.26 Å². The van der Waals surface area contributed by atoms with E-state index in [0.717, 1.165) is 55.9 Å². The third-order valence-electron chi connectivity index (χ3n) is 7.43. The number of carbonyl (C=O) groups is 1. The van der Waals surface area contributed by atoms with Crippen LogP contribution in [0, 0.1) is 11.3 Å². The van der Waals surface area contributed by atoms with Gasteiger partial charge in [0.15, 0.2) is 0 Å². The van der Waals surface area contributed by atoms with Crippen LogP contribution in [-0.2, 0) is 0 Å². The van der Waals surface area contributed by atoms with Gasteiger partial charge in [0.25, 0.3) is 0 Å². The topological polar surface area (TPSA) is 123 Å². The molecule has 1 saturated carbocycles. The maximum atomic E-state index is 12.0. The van der Waals surface area contributed by atoms with Gasteiger partial charge in [0.1, 0.15) is 0 Å².